The van der Waals surface area contributed by atoms with Gasteiger partial charge in [0.25, 0.3) is 5.91 Å². The summed E-state index contributed by atoms with van der Waals surface area (Å²) in [5, 5.41) is 5.49. The van der Waals surface area contributed by atoms with Crippen LogP contribution in [0.1, 0.15) is 0 Å². The topological polar surface area (TPSA) is 63.2 Å². The Kier molecular flexibility index (Phi) is 3.43. The van der Waals surface area contributed by atoms with Crippen LogP contribution in [0.2, 0.25) is 0 Å². The molecule has 1 saturated heterocycles. The van der Waals surface area contributed by atoms with Crippen LogP contribution in [-0.2, 0) is 9.53 Å². The maximum absolute atomic E-state index is 13.2. The molecule has 0 saturated carbocycles. The van der Waals surface area contributed by atoms with Crippen molar-refractivity contribution in [3.05, 3.63) is 24.3 Å². The number of carbonyl (C=O) groups excluding carboxylic acids is 1. The van der Waals surface area contributed by atoms with E-state index in [2.05, 4.69) is 15.6 Å². The SMILES string of the molecule is O=C(Nc1ccncc1F)C1CNCCO1. The number of pyridine rings is 1. The number of ether oxygens (including phenoxy) is 1. The first-order valence-electron chi connectivity index (χ1n) is 5.00. The molecule has 1 fully saturated rings. The Labute approximate surface area is 92.0 Å². The largest absolute Gasteiger partial charge is 0.366 e. The van der Waals surface area contributed by atoms with E-state index in [1.807, 2.05) is 0 Å². The van der Waals surface area contributed by atoms with Crippen molar-refractivity contribution in [2.45, 2.75) is 6.10 Å². The number of carbonyl (C=O) groups is 1. The second-order valence-electron chi connectivity index (χ2n) is 3.41. The molecule has 0 bridgehead atoms. The quantitative estimate of drug-likeness (QED) is 0.752. The van der Waals surface area contributed by atoms with Gasteiger partial charge < -0.3 is 15.4 Å². The molecule has 5 nitrogen and oxygen atoms in total. The Morgan fingerprint density at radius 1 is 1.69 bits per heavy atom. The first kappa shape index (κ1) is 11.0. The first-order valence-corrected chi connectivity index (χ1v) is 5.00. The van der Waals surface area contributed by atoms with E-state index in [1.54, 1.807) is 0 Å². The minimum Gasteiger partial charge on any atom is -0.366 e. The summed E-state index contributed by atoms with van der Waals surface area (Å²) in [6, 6.07) is 1.41. The molecule has 1 atom stereocenters. The lowest BCUT2D eigenvalue weighted by Crippen LogP contribution is -2.45. The van der Waals surface area contributed by atoms with Crippen LogP contribution in [-0.4, -0.2) is 36.7 Å². The number of halogens is 1. The van der Waals surface area contributed by atoms with Gasteiger partial charge in [-0.25, -0.2) is 4.39 Å². The number of hydrogen-bond acceptors (Lipinski definition) is 4. The van der Waals surface area contributed by atoms with E-state index in [4.69, 9.17) is 4.74 Å². The van der Waals surface area contributed by atoms with Crippen molar-refractivity contribution in [3.63, 3.8) is 0 Å². The Balaban J connectivity index is 1.99. The number of morpholine rings is 1. The molecule has 2 N–H and O–H groups in total. The van der Waals surface area contributed by atoms with Crippen molar-refractivity contribution in [2.75, 3.05) is 25.0 Å². The lowest BCUT2D eigenvalue weighted by Gasteiger charge is -2.22. The fraction of sp³-hybridized carbons (Fsp3) is 0.400. The van der Waals surface area contributed by atoms with Crippen LogP contribution in [0.15, 0.2) is 18.5 Å². The predicted molar refractivity (Wildman–Crippen MR) is 55.4 cm³/mol. The van der Waals surface area contributed by atoms with Crippen molar-refractivity contribution in [1.29, 1.82) is 0 Å². The zero-order chi connectivity index (χ0) is 11.4. The van der Waals surface area contributed by atoms with Gasteiger partial charge in [-0.15, -0.1) is 0 Å². The zero-order valence-electron chi connectivity index (χ0n) is 8.57. The molecule has 1 unspecified atom stereocenters. The molecule has 0 aliphatic carbocycles. The van der Waals surface area contributed by atoms with Gasteiger partial charge in [-0.3, -0.25) is 9.78 Å². The molecule has 86 valence electrons. The summed E-state index contributed by atoms with van der Waals surface area (Å²) in [7, 11) is 0. The fourth-order valence-corrected chi connectivity index (χ4v) is 1.42. The van der Waals surface area contributed by atoms with Crippen molar-refractivity contribution >= 4 is 11.6 Å². The number of anilines is 1. The van der Waals surface area contributed by atoms with E-state index in [9.17, 15) is 9.18 Å². The van der Waals surface area contributed by atoms with Gasteiger partial charge in [-0.05, 0) is 6.07 Å². The third kappa shape index (κ3) is 2.53. The highest BCUT2D eigenvalue weighted by Gasteiger charge is 2.22. The molecule has 0 aromatic carbocycles. The Morgan fingerprint density at radius 3 is 3.25 bits per heavy atom. The average molecular weight is 225 g/mol. The second kappa shape index (κ2) is 5.00. The molecule has 6 heteroatoms. The molecule has 1 aliphatic heterocycles. The maximum Gasteiger partial charge on any atom is 0.254 e. The van der Waals surface area contributed by atoms with E-state index < -0.39 is 11.9 Å². The van der Waals surface area contributed by atoms with E-state index in [1.165, 1.54) is 12.3 Å². The summed E-state index contributed by atoms with van der Waals surface area (Å²) in [5.74, 6) is -0.906. The van der Waals surface area contributed by atoms with Gasteiger partial charge in [-0.2, -0.15) is 0 Å². The summed E-state index contributed by atoms with van der Waals surface area (Å²) < 4.78 is 18.4. The minimum atomic E-state index is -0.568. The summed E-state index contributed by atoms with van der Waals surface area (Å²) in [4.78, 5) is 15.3. The standard InChI is InChI=1S/C10H12FN3O2/c11-7-5-12-2-1-8(7)14-10(15)9-6-13-3-4-16-9/h1-2,5,9,13H,3-4,6H2,(H,12,14,15). The molecule has 1 amide bonds. The molecule has 1 aromatic rings. The van der Waals surface area contributed by atoms with Gasteiger partial charge >= 0.3 is 0 Å². The first-order chi connectivity index (χ1) is 7.77. The number of nitrogens with one attached hydrogen (secondary N) is 2. The van der Waals surface area contributed by atoms with Gasteiger partial charge in [0, 0.05) is 19.3 Å². The number of rotatable bonds is 2. The fourth-order valence-electron chi connectivity index (χ4n) is 1.42. The van der Waals surface area contributed by atoms with Crippen molar-refractivity contribution in [1.82, 2.24) is 10.3 Å². The van der Waals surface area contributed by atoms with E-state index in [-0.39, 0.29) is 11.6 Å². The number of nitrogens with zero attached hydrogens (tertiary/aromatic N) is 1. The van der Waals surface area contributed by atoms with E-state index in [0.29, 0.717) is 13.2 Å². The Bertz CT molecular complexity index is 380. The van der Waals surface area contributed by atoms with Gasteiger partial charge in [0.15, 0.2) is 5.82 Å². The van der Waals surface area contributed by atoms with Gasteiger partial charge in [0.1, 0.15) is 6.10 Å². The Hall–Kier alpha value is -1.53. The summed E-state index contributed by atoms with van der Waals surface area (Å²) in [5.41, 5.74) is 0.120. The van der Waals surface area contributed by atoms with Crippen LogP contribution in [0, 0.1) is 5.82 Å². The van der Waals surface area contributed by atoms with Gasteiger partial charge in [0.2, 0.25) is 0 Å². The van der Waals surface area contributed by atoms with Gasteiger partial charge in [-0.1, -0.05) is 0 Å². The molecule has 1 aromatic heterocycles. The molecule has 0 radical (unpaired) electrons. The summed E-state index contributed by atoms with van der Waals surface area (Å²) in [6.07, 6.45) is 1.90. The van der Waals surface area contributed by atoms with Crippen molar-refractivity contribution < 1.29 is 13.9 Å². The predicted octanol–water partition coefficient (Wildman–Crippen LogP) is 0.148. The van der Waals surface area contributed by atoms with Crippen molar-refractivity contribution in [3.8, 4) is 0 Å². The summed E-state index contributed by atoms with van der Waals surface area (Å²) >= 11 is 0. The average Bonchev–Trinajstić information content (AvgIpc) is 2.33. The van der Waals surface area contributed by atoms with Crippen LogP contribution in [0.3, 0.4) is 0 Å². The molecular formula is C10H12FN3O2. The molecule has 16 heavy (non-hydrogen) atoms. The summed E-state index contributed by atoms with van der Waals surface area (Å²) in [6.45, 7) is 1.66. The molecule has 2 rings (SSSR count). The van der Waals surface area contributed by atoms with Crippen LogP contribution in [0.5, 0.6) is 0 Å². The third-order valence-corrected chi connectivity index (χ3v) is 2.25. The second-order valence-corrected chi connectivity index (χ2v) is 3.41. The monoisotopic (exact) mass is 225 g/mol. The van der Waals surface area contributed by atoms with Gasteiger partial charge in [0.05, 0.1) is 18.5 Å². The van der Waals surface area contributed by atoms with E-state index >= 15 is 0 Å². The third-order valence-electron chi connectivity index (χ3n) is 2.25. The highest BCUT2D eigenvalue weighted by Crippen LogP contribution is 2.11. The maximum atomic E-state index is 13.2. The number of aromatic nitrogens is 1. The molecule has 0 spiro atoms. The highest BCUT2D eigenvalue weighted by molar-refractivity contribution is 5.94. The van der Waals surface area contributed by atoms with Crippen LogP contribution < -0.4 is 10.6 Å². The van der Waals surface area contributed by atoms with Crippen LogP contribution in [0.25, 0.3) is 0 Å². The number of hydrogen-bond donors (Lipinski definition) is 2. The van der Waals surface area contributed by atoms with Crippen molar-refractivity contribution in [2.24, 2.45) is 0 Å². The number of amides is 1. The molecule has 1 aliphatic rings. The highest BCUT2D eigenvalue weighted by atomic mass is 19.1. The Morgan fingerprint density at radius 2 is 2.56 bits per heavy atom. The van der Waals surface area contributed by atoms with Crippen LogP contribution >= 0.6 is 0 Å². The zero-order valence-corrected chi connectivity index (χ0v) is 8.57. The lowest BCUT2D eigenvalue weighted by atomic mass is 10.2. The van der Waals surface area contributed by atoms with E-state index in [0.717, 1.165) is 12.7 Å². The van der Waals surface area contributed by atoms with Crippen LogP contribution in [0.4, 0.5) is 10.1 Å². The minimum absolute atomic E-state index is 0.120. The lowest BCUT2D eigenvalue weighted by molar-refractivity contribution is -0.128. The molecular weight excluding hydrogens is 213 g/mol. The smallest absolute Gasteiger partial charge is 0.254 e. The normalized spacial score (nSPS) is 20.4. The molecule has 2 heterocycles.